The summed E-state index contributed by atoms with van der Waals surface area (Å²) >= 11 is 0. The molecule has 0 bridgehead atoms. The molecule has 9 N–H and O–H groups in total. The number of carbonyl (C=O) groups excluding carboxylic acids is 1. The Morgan fingerprint density at radius 2 is 0.753 bits per heavy atom. The number of rotatable bonds is 64. The van der Waals surface area contributed by atoms with Crippen molar-refractivity contribution in [3.8, 4) is 0 Å². The van der Waals surface area contributed by atoms with E-state index >= 15 is 0 Å². The number of ether oxygens (including phenoxy) is 4. The van der Waals surface area contributed by atoms with Crippen LogP contribution in [0.15, 0.2) is 72.9 Å². The Morgan fingerprint density at radius 3 is 1.18 bits per heavy atom. The fraction of sp³-hybridized carbons (Fsp3) is 0.835. The monoisotopic (exact) mass is 1310 g/mol. The number of hydrogen-bond donors (Lipinski definition) is 9. The number of amides is 1. The van der Waals surface area contributed by atoms with Gasteiger partial charge < -0.3 is 65.1 Å². The van der Waals surface area contributed by atoms with Crippen molar-refractivity contribution in [2.75, 3.05) is 19.8 Å². The summed E-state index contributed by atoms with van der Waals surface area (Å²) in [5.74, 6) is -0.245. The predicted molar refractivity (Wildman–Crippen MR) is 383 cm³/mol. The highest BCUT2D eigenvalue weighted by Gasteiger charge is 2.51. The van der Waals surface area contributed by atoms with Gasteiger partial charge in [-0.3, -0.25) is 4.79 Å². The molecule has 2 heterocycles. The maximum atomic E-state index is 13.4. The van der Waals surface area contributed by atoms with Gasteiger partial charge >= 0.3 is 0 Å². The van der Waals surface area contributed by atoms with Crippen LogP contribution < -0.4 is 5.32 Å². The molecule has 0 spiro atoms. The lowest BCUT2D eigenvalue weighted by Crippen LogP contribution is -2.65. The molecule has 2 rings (SSSR count). The van der Waals surface area contributed by atoms with E-state index in [1.165, 1.54) is 238 Å². The molecule has 1 amide bonds. The highest BCUT2D eigenvalue weighted by Crippen LogP contribution is 2.30. The zero-order valence-corrected chi connectivity index (χ0v) is 59.2. The summed E-state index contributed by atoms with van der Waals surface area (Å²) in [5, 5.41) is 87.6. The second kappa shape index (κ2) is 62.9. The molecule has 14 heteroatoms. The summed E-state index contributed by atoms with van der Waals surface area (Å²) in [4.78, 5) is 13.4. The third-order valence-electron chi connectivity index (χ3n) is 18.6. The molecule has 542 valence electrons. The van der Waals surface area contributed by atoms with Gasteiger partial charge in [0.05, 0.1) is 32.0 Å². The Morgan fingerprint density at radius 1 is 0.398 bits per heavy atom. The molecular weight excluding hydrogens is 1170 g/mol. The van der Waals surface area contributed by atoms with Crippen molar-refractivity contribution in [3.05, 3.63) is 72.9 Å². The average molecular weight is 1320 g/mol. The zero-order chi connectivity index (χ0) is 67.3. The van der Waals surface area contributed by atoms with Crippen LogP contribution in [0.1, 0.15) is 328 Å². The summed E-state index contributed by atoms with van der Waals surface area (Å²) in [6.07, 6.45) is 69.8. The molecule has 0 aromatic heterocycles. The maximum Gasteiger partial charge on any atom is 0.220 e. The van der Waals surface area contributed by atoms with Crippen LogP contribution in [-0.2, 0) is 23.7 Å². The van der Waals surface area contributed by atoms with Crippen molar-refractivity contribution in [3.63, 3.8) is 0 Å². The van der Waals surface area contributed by atoms with Gasteiger partial charge in [0.25, 0.3) is 0 Å². The minimum Gasteiger partial charge on any atom is -0.394 e. The van der Waals surface area contributed by atoms with E-state index in [0.717, 1.165) is 57.8 Å². The average Bonchev–Trinajstić information content (AvgIpc) is 0.851. The van der Waals surface area contributed by atoms with Gasteiger partial charge in [-0.25, -0.2) is 0 Å². The fourth-order valence-corrected chi connectivity index (χ4v) is 12.5. The van der Waals surface area contributed by atoms with Crippen molar-refractivity contribution in [2.24, 2.45) is 0 Å². The molecular formula is C79H143NO13. The second-order valence-electron chi connectivity index (χ2n) is 27.1. The van der Waals surface area contributed by atoms with Gasteiger partial charge in [-0.1, -0.05) is 324 Å². The summed E-state index contributed by atoms with van der Waals surface area (Å²) in [7, 11) is 0. The Balaban J connectivity index is 1.65. The number of unbranched alkanes of at least 4 members (excludes halogenated alkanes) is 41. The number of carbonyl (C=O) groups is 1. The van der Waals surface area contributed by atoms with E-state index in [9.17, 15) is 45.6 Å². The van der Waals surface area contributed by atoms with Crippen molar-refractivity contribution < 1.29 is 64.6 Å². The molecule has 93 heavy (non-hydrogen) atoms. The highest BCUT2D eigenvalue weighted by atomic mass is 16.7. The van der Waals surface area contributed by atoms with E-state index in [0.29, 0.717) is 12.8 Å². The quantitative estimate of drug-likeness (QED) is 0.0204. The fourth-order valence-electron chi connectivity index (χ4n) is 12.5. The Labute approximate surface area is 568 Å². The Kier molecular flexibility index (Phi) is 58.5. The van der Waals surface area contributed by atoms with Gasteiger partial charge in [-0.05, 0) is 70.6 Å². The minimum atomic E-state index is -1.79. The first kappa shape index (κ1) is 86.5. The molecule has 0 aromatic rings. The molecule has 2 saturated heterocycles. The molecule has 0 aromatic carbocycles. The number of allylic oxidation sites excluding steroid dienone is 11. The standard InChI is InChI=1S/C79H143NO13/c1-3-5-7-9-11-13-15-17-19-21-23-25-27-29-31-33-34-35-37-39-41-43-45-47-49-51-53-55-57-59-61-63-71(84)80-67(66-90-78-76(89)74(87)77(70(65-82)92-78)93-79-75(88)73(86)72(85)69(64-81)91-79)68(83)62-60-58-56-54-52-50-48-46-44-42-40-38-36-32-30-28-26-24-22-20-18-16-14-12-10-8-6-4-2/h5,7,11,13,17,19,23,25,52,54,60,62,67-70,72-79,81-83,85-89H,3-4,6,8-10,12,14-16,18,20-22,24,26-51,53,55-59,61,63-66H2,1-2H3,(H,80,84)/b7-5-,13-11-,19-17-,25-23-,54-52+,62-60+. The predicted octanol–water partition coefficient (Wildman–Crippen LogP) is 17.0. The smallest absolute Gasteiger partial charge is 0.220 e. The van der Waals surface area contributed by atoms with Crippen molar-refractivity contribution in [1.82, 2.24) is 5.32 Å². The van der Waals surface area contributed by atoms with E-state index in [-0.39, 0.29) is 18.9 Å². The number of aliphatic hydroxyl groups excluding tert-OH is 8. The van der Waals surface area contributed by atoms with Gasteiger partial charge in [0.1, 0.15) is 48.8 Å². The van der Waals surface area contributed by atoms with Crippen LogP contribution in [0.4, 0.5) is 0 Å². The topological polar surface area (TPSA) is 228 Å². The van der Waals surface area contributed by atoms with Gasteiger partial charge in [0, 0.05) is 6.42 Å². The maximum absolute atomic E-state index is 13.4. The Bertz CT molecular complexity index is 1840. The van der Waals surface area contributed by atoms with E-state index in [2.05, 4.69) is 79.9 Å². The number of hydrogen-bond acceptors (Lipinski definition) is 13. The first-order valence-electron chi connectivity index (χ1n) is 38.7. The molecule has 2 aliphatic heterocycles. The summed E-state index contributed by atoms with van der Waals surface area (Å²) in [6, 6.07) is -0.935. The van der Waals surface area contributed by atoms with E-state index in [4.69, 9.17) is 18.9 Å². The zero-order valence-electron chi connectivity index (χ0n) is 59.2. The van der Waals surface area contributed by atoms with Crippen LogP contribution >= 0.6 is 0 Å². The molecule has 2 aliphatic rings. The van der Waals surface area contributed by atoms with Crippen molar-refractivity contribution in [1.29, 1.82) is 0 Å². The van der Waals surface area contributed by atoms with Crippen LogP contribution in [-0.4, -0.2) is 140 Å². The van der Waals surface area contributed by atoms with Crippen LogP contribution in [0.2, 0.25) is 0 Å². The first-order chi connectivity index (χ1) is 45.6. The summed E-state index contributed by atoms with van der Waals surface area (Å²) in [6.45, 7) is 2.72. The van der Waals surface area contributed by atoms with Crippen LogP contribution in [0.25, 0.3) is 0 Å². The molecule has 12 atom stereocenters. The lowest BCUT2D eigenvalue weighted by molar-refractivity contribution is -0.359. The van der Waals surface area contributed by atoms with Crippen LogP contribution in [0.3, 0.4) is 0 Å². The lowest BCUT2D eigenvalue weighted by atomic mass is 9.97. The van der Waals surface area contributed by atoms with E-state index < -0.39 is 86.8 Å². The largest absolute Gasteiger partial charge is 0.394 e. The SMILES string of the molecule is CC/C=C\C/C=C\C/C=C\C/C=C\CCCCCCCCCCCCCCCCCCCCC(=O)NC(COC1OC(CO)C(OC2OC(CO)C(O)C(O)C2O)C(O)C1O)C(O)/C=C/CC/C=C/CCCCCCCCCCCCCCCCCCCCCCCC. The van der Waals surface area contributed by atoms with Crippen LogP contribution in [0.5, 0.6) is 0 Å². The van der Waals surface area contributed by atoms with Gasteiger partial charge in [-0.2, -0.15) is 0 Å². The third-order valence-corrected chi connectivity index (χ3v) is 18.6. The minimum absolute atomic E-state index is 0.245. The molecule has 0 saturated carbocycles. The summed E-state index contributed by atoms with van der Waals surface area (Å²) < 4.78 is 22.9. The molecule has 2 fully saturated rings. The number of nitrogens with one attached hydrogen (secondary N) is 1. The molecule has 0 aliphatic carbocycles. The number of aliphatic hydroxyl groups is 8. The van der Waals surface area contributed by atoms with Crippen molar-refractivity contribution in [2.45, 2.75) is 402 Å². The van der Waals surface area contributed by atoms with E-state index in [1.807, 2.05) is 6.08 Å². The second-order valence-corrected chi connectivity index (χ2v) is 27.1. The molecule has 0 radical (unpaired) electrons. The van der Waals surface area contributed by atoms with Crippen molar-refractivity contribution >= 4 is 5.91 Å². The van der Waals surface area contributed by atoms with E-state index in [1.54, 1.807) is 6.08 Å². The summed E-state index contributed by atoms with van der Waals surface area (Å²) in [5.41, 5.74) is 0. The van der Waals surface area contributed by atoms with Gasteiger partial charge in [0.2, 0.25) is 5.91 Å². The lowest BCUT2D eigenvalue weighted by Gasteiger charge is -2.46. The van der Waals surface area contributed by atoms with Gasteiger partial charge in [-0.15, -0.1) is 0 Å². The Hall–Kier alpha value is -2.57. The third kappa shape index (κ3) is 46.4. The van der Waals surface area contributed by atoms with Crippen LogP contribution in [0, 0.1) is 0 Å². The van der Waals surface area contributed by atoms with Gasteiger partial charge in [0.15, 0.2) is 12.6 Å². The molecule has 12 unspecified atom stereocenters. The highest BCUT2D eigenvalue weighted by molar-refractivity contribution is 5.76. The normalized spacial score (nSPS) is 22.9. The molecule has 14 nitrogen and oxygen atoms in total. The first-order valence-corrected chi connectivity index (χ1v) is 38.7.